The van der Waals surface area contributed by atoms with Crippen molar-refractivity contribution in [1.82, 2.24) is 15.1 Å². The maximum Gasteiger partial charge on any atom is 0.271 e. The van der Waals surface area contributed by atoms with Crippen LogP contribution in [0.5, 0.6) is 0 Å². The molecule has 1 amide bonds. The molecule has 18 heavy (non-hydrogen) atoms. The number of nitrogens with two attached hydrogens (primary N) is 1. The van der Waals surface area contributed by atoms with E-state index in [0.717, 1.165) is 0 Å². The Bertz CT molecular complexity index is 579. The summed E-state index contributed by atoms with van der Waals surface area (Å²) in [6.07, 6.45) is 1.60. The van der Waals surface area contributed by atoms with Gasteiger partial charge in [0.1, 0.15) is 5.82 Å². The van der Waals surface area contributed by atoms with Crippen LogP contribution in [0.25, 0.3) is 5.69 Å². The number of hydrogen-bond acceptors (Lipinski definition) is 3. The normalized spacial score (nSPS) is 10.4. The van der Waals surface area contributed by atoms with Crippen molar-refractivity contribution in [2.45, 2.75) is 6.54 Å². The number of carbonyl (C=O) groups excluding carboxylic acids is 1. The Morgan fingerprint density at radius 1 is 1.50 bits per heavy atom. The molecule has 6 heteroatoms. The van der Waals surface area contributed by atoms with Gasteiger partial charge in [-0.05, 0) is 29.8 Å². The molecule has 2 aromatic rings. The van der Waals surface area contributed by atoms with Gasteiger partial charge in [-0.2, -0.15) is 5.10 Å². The maximum absolute atomic E-state index is 13.4. The van der Waals surface area contributed by atoms with Gasteiger partial charge in [-0.25, -0.2) is 9.07 Å². The van der Waals surface area contributed by atoms with Crippen LogP contribution >= 0.6 is 0 Å². The molecule has 0 fully saturated rings. The van der Waals surface area contributed by atoms with Crippen molar-refractivity contribution < 1.29 is 9.18 Å². The molecule has 3 N–H and O–H groups in total. The summed E-state index contributed by atoms with van der Waals surface area (Å²) >= 11 is 0. The van der Waals surface area contributed by atoms with E-state index in [9.17, 15) is 9.18 Å². The van der Waals surface area contributed by atoms with Gasteiger partial charge < -0.3 is 11.1 Å². The van der Waals surface area contributed by atoms with E-state index in [1.165, 1.54) is 23.9 Å². The predicted molar refractivity (Wildman–Crippen MR) is 64.8 cm³/mol. The lowest BCUT2D eigenvalue weighted by molar-refractivity contribution is 0.0957. The second-order valence-corrected chi connectivity index (χ2v) is 3.75. The minimum absolute atomic E-state index is 0.244. The first-order valence-electron chi connectivity index (χ1n) is 5.41. The average molecular weight is 248 g/mol. The van der Waals surface area contributed by atoms with Gasteiger partial charge >= 0.3 is 0 Å². The summed E-state index contributed by atoms with van der Waals surface area (Å²) < 4.78 is 14.8. The Morgan fingerprint density at radius 3 is 2.94 bits per heavy atom. The highest BCUT2D eigenvalue weighted by molar-refractivity contribution is 5.91. The Morgan fingerprint density at radius 2 is 2.28 bits per heavy atom. The molecule has 0 unspecified atom stereocenters. The lowest BCUT2D eigenvalue weighted by Gasteiger charge is -2.04. The van der Waals surface area contributed by atoms with Crippen molar-refractivity contribution in [3.63, 3.8) is 0 Å². The number of hydrogen-bond donors (Lipinski definition) is 2. The molecule has 0 spiro atoms. The van der Waals surface area contributed by atoms with Crippen molar-refractivity contribution in [2.24, 2.45) is 5.73 Å². The molecule has 0 aliphatic heterocycles. The van der Waals surface area contributed by atoms with Crippen LogP contribution in [-0.4, -0.2) is 22.7 Å². The first-order chi connectivity index (χ1) is 8.63. The van der Waals surface area contributed by atoms with E-state index in [4.69, 9.17) is 5.73 Å². The fraction of sp³-hybridized carbons (Fsp3) is 0.167. The quantitative estimate of drug-likeness (QED) is 0.845. The number of nitrogens with zero attached hydrogens (tertiary/aromatic N) is 2. The number of rotatable bonds is 3. The highest BCUT2D eigenvalue weighted by atomic mass is 19.1. The summed E-state index contributed by atoms with van der Waals surface area (Å²) in [5.41, 5.74) is 6.96. The van der Waals surface area contributed by atoms with Crippen LogP contribution in [0.4, 0.5) is 4.39 Å². The smallest absolute Gasteiger partial charge is 0.271 e. The first kappa shape index (κ1) is 12.3. The second kappa shape index (κ2) is 4.97. The molecule has 94 valence electrons. The minimum Gasteiger partial charge on any atom is -0.354 e. The second-order valence-electron chi connectivity index (χ2n) is 3.75. The van der Waals surface area contributed by atoms with E-state index in [1.54, 1.807) is 18.3 Å². The number of carbonyl (C=O) groups is 1. The molecule has 0 bridgehead atoms. The molecule has 0 aliphatic carbocycles. The zero-order valence-corrected chi connectivity index (χ0v) is 9.85. The van der Waals surface area contributed by atoms with Gasteiger partial charge in [-0.3, -0.25) is 4.79 Å². The molecule has 2 rings (SSSR count). The minimum atomic E-state index is -0.384. The highest BCUT2D eigenvalue weighted by Crippen LogP contribution is 2.13. The van der Waals surface area contributed by atoms with E-state index in [0.29, 0.717) is 11.3 Å². The zero-order chi connectivity index (χ0) is 13.1. The Balaban J connectivity index is 2.39. The fourth-order valence-electron chi connectivity index (χ4n) is 1.60. The van der Waals surface area contributed by atoms with Gasteiger partial charge in [0.25, 0.3) is 5.91 Å². The molecule has 0 atom stereocenters. The van der Waals surface area contributed by atoms with E-state index in [1.807, 2.05) is 0 Å². The van der Waals surface area contributed by atoms with Crippen LogP contribution in [0.15, 0.2) is 30.5 Å². The van der Waals surface area contributed by atoms with E-state index in [2.05, 4.69) is 10.4 Å². The Hall–Kier alpha value is -2.21. The van der Waals surface area contributed by atoms with Crippen LogP contribution in [0.1, 0.15) is 16.1 Å². The molecule has 0 radical (unpaired) electrons. The number of halogens is 1. The number of benzene rings is 1. The average Bonchev–Trinajstić information content (AvgIpc) is 2.86. The third kappa shape index (κ3) is 2.38. The lowest BCUT2D eigenvalue weighted by atomic mass is 10.2. The van der Waals surface area contributed by atoms with Crippen molar-refractivity contribution in [1.29, 1.82) is 0 Å². The molecular formula is C12H13FN4O. The molecule has 0 saturated heterocycles. The summed E-state index contributed by atoms with van der Waals surface area (Å²) in [7, 11) is 1.52. The fourth-order valence-corrected chi connectivity index (χ4v) is 1.60. The van der Waals surface area contributed by atoms with Gasteiger partial charge in [0.05, 0.1) is 5.69 Å². The van der Waals surface area contributed by atoms with Crippen molar-refractivity contribution in [3.8, 4) is 5.69 Å². The summed E-state index contributed by atoms with van der Waals surface area (Å²) in [5.74, 6) is -0.672. The molecule has 1 heterocycles. The summed E-state index contributed by atoms with van der Waals surface area (Å²) in [5, 5.41) is 6.54. The third-order valence-electron chi connectivity index (χ3n) is 2.49. The predicted octanol–water partition coefficient (Wildman–Crippen LogP) is 0.830. The van der Waals surface area contributed by atoms with Crippen LogP contribution in [0.2, 0.25) is 0 Å². The van der Waals surface area contributed by atoms with E-state index < -0.39 is 0 Å². The molecule has 0 aliphatic rings. The first-order valence-corrected chi connectivity index (χ1v) is 5.41. The van der Waals surface area contributed by atoms with Gasteiger partial charge in [0, 0.05) is 19.8 Å². The molecule has 5 nitrogen and oxygen atoms in total. The van der Waals surface area contributed by atoms with Crippen LogP contribution in [-0.2, 0) is 6.54 Å². The third-order valence-corrected chi connectivity index (χ3v) is 2.49. The zero-order valence-electron chi connectivity index (χ0n) is 9.85. The molecule has 0 saturated carbocycles. The molecular weight excluding hydrogens is 235 g/mol. The Labute approximate surface area is 103 Å². The standard InChI is InChI=1S/C12H13FN4O/c1-15-12(18)11-2-3-17(16-11)10-5-8(7-14)4-9(13)6-10/h2-6H,7,14H2,1H3,(H,15,18). The van der Waals surface area contributed by atoms with E-state index >= 15 is 0 Å². The van der Waals surface area contributed by atoms with Crippen molar-refractivity contribution in [3.05, 3.63) is 47.5 Å². The Kier molecular flexibility index (Phi) is 3.38. The summed E-state index contributed by atoms with van der Waals surface area (Å²) in [4.78, 5) is 11.4. The monoisotopic (exact) mass is 248 g/mol. The lowest BCUT2D eigenvalue weighted by Crippen LogP contribution is -2.18. The summed E-state index contributed by atoms with van der Waals surface area (Å²) in [6.45, 7) is 0.244. The van der Waals surface area contributed by atoms with Gasteiger partial charge in [0.2, 0.25) is 0 Å². The topological polar surface area (TPSA) is 72.9 Å². The van der Waals surface area contributed by atoms with Gasteiger partial charge in [-0.1, -0.05) is 0 Å². The van der Waals surface area contributed by atoms with E-state index in [-0.39, 0.29) is 24.0 Å². The maximum atomic E-state index is 13.4. The van der Waals surface area contributed by atoms with Crippen molar-refractivity contribution >= 4 is 5.91 Å². The van der Waals surface area contributed by atoms with Crippen molar-refractivity contribution in [2.75, 3.05) is 7.05 Å². The number of nitrogens with one attached hydrogen (secondary N) is 1. The van der Waals surface area contributed by atoms with Crippen LogP contribution < -0.4 is 11.1 Å². The van der Waals surface area contributed by atoms with Gasteiger partial charge in [0.15, 0.2) is 5.69 Å². The highest BCUT2D eigenvalue weighted by Gasteiger charge is 2.09. The number of amides is 1. The summed E-state index contributed by atoms with van der Waals surface area (Å²) in [6, 6.07) is 5.99. The SMILES string of the molecule is CNC(=O)c1ccn(-c2cc(F)cc(CN)c2)n1. The van der Waals surface area contributed by atoms with Crippen LogP contribution in [0, 0.1) is 5.82 Å². The van der Waals surface area contributed by atoms with Gasteiger partial charge in [-0.15, -0.1) is 0 Å². The number of aromatic nitrogens is 2. The molecule has 1 aromatic heterocycles. The largest absolute Gasteiger partial charge is 0.354 e. The van der Waals surface area contributed by atoms with Crippen LogP contribution in [0.3, 0.4) is 0 Å². The molecule has 1 aromatic carbocycles.